The van der Waals surface area contributed by atoms with Crippen molar-refractivity contribution < 1.29 is 23.1 Å². The molecule has 0 spiro atoms. The Morgan fingerprint density at radius 2 is 1.37 bits per heavy atom. The normalized spacial score (nSPS) is 24.1. The lowest BCUT2D eigenvalue weighted by Crippen LogP contribution is -2.67. The summed E-state index contributed by atoms with van der Waals surface area (Å²) in [6, 6.07) is 31.1. The molecule has 5 rings (SSSR count). The van der Waals surface area contributed by atoms with Gasteiger partial charge in [-0.2, -0.15) is 0 Å². The number of rotatable bonds is 7. The van der Waals surface area contributed by atoms with Gasteiger partial charge in [0.1, 0.15) is 5.56 Å². The van der Waals surface area contributed by atoms with E-state index in [-0.39, 0.29) is 23.4 Å². The van der Waals surface area contributed by atoms with Crippen molar-refractivity contribution >= 4 is 24.7 Å². The Morgan fingerprint density at radius 1 is 0.829 bits per heavy atom. The van der Waals surface area contributed by atoms with Crippen molar-refractivity contribution in [3.8, 4) is 0 Å². The lowest BCUT2D eigenvalue weighted by Gasteiger charge is -2.43. The quantitative estimate of drug-likeness (QED) is 0.285. The third-order valence-corrected chi connectivity index (χ3v) is 11.9. The largest absolute Gasteiger partial charge is 0.521 e. The predicted octanol–water partition coefficient (Wildman–Crippen LogP) is 4.08. The summed E-state index contributed by atoms with van der Waals surface area (Å²) in [7, 11) is -1.06. The topological polar surface area (TPSA) is 48.2 Å². The zero-order valence-electron chi connectivity index (χ0n) is 20.7. The molecule has 3 aromatic rings. The third kappa shape index (κ3) is 4.36. The second-order valence-corrected chi connectivity index (χ2v) is 14.4. The average Bonchev–Trinajstić information content (AvgIpc) is 3.45. The molecule has 0 radical (unpaired) electrons. The van der Waals surface area contributed by atoms with Gasteiger partial charge in [0, 0.05) is 7.11 Å². The van der Waals surface area contributed by atoms with Crippen LogP contribution in [0.15, 0.2) is 91.0 Å². The van der Waals surface area contributed by atoms with Gasteiger partial charge in [0.25, 0.3) is 14.4 Å². The summed E-state index contributed by atoms with van der Waals surface area (Å²) < 4.78 is 31.5. The van der Waals surface area contributed by atoms with E-state index in [2.05, 4.69) is 81.4 Å². The van der Waals surface area contributed by atoms with E-state index in [4.69, 9.17) is 23.1 Å². The molecule has 1 unspecified atom stereocenters. The monoisotopic (exact) mass is 489 g/mol. The molecule has 3 aromatic carbocycles. The predicted molar refractivity (Wildman–Crippen MR) is 139 cm³/mol. The molecule has 0 aliphatic carbocycles. The van der Waals surface area contributed by atoms with Gasteiger partial charge in [0.15, 0.2) is 6.10 Å². The molecule has 2 aliphatic rings. The van der Waals surface area contributed by atoms with Crippen LogP contribution in [0, 0.1) is 0 Å². The van der Waals surface area contributed by atoms with Crippen molar-refractivity contribution in [1.82, 2.24) is 0 Å². The van der Waals surface area contributed by atoms with Crippen LogP contribution >= 0.6 is 0 Å². The Balaban J connectivity index is 1.46. The second-order valence-electron chi connectivity index (χ2n) is 10.1. The molecule has 2 heterocycles. The number of benzene rings is 3. The van der Waals surface area contributed by atoms with Gasteiger partial charge in [-0.25, -0.2) is 0 Å². The number of hydrogen-bond acceptors (Lipinski definition) is 4. The summed E-state index contributed by atoms with van der Waals surface area (Å²) in [5, 5.41) is 2.34. The van der Waals surface area contributed by atoms with Crippen molar-refractivity contribution in [3.05, 3.63) is 96.6 Å². The van der Waals surface area contributed by atoms with E-state index in [0.29, 0.717) is 12.6 Å². The van der Waals surface area contributed by atoms with Crippen LogP contribution in [0.3, 0.4) is 0 Å². The SMILES string of the molecule is COC1O[C@H](CO[Si](c2ccccc2)(c2ccccc2)C(C)(C)C)[C@@H]2OC(c3ccccc3)=[O+][C@H]12. The van der Waals surface area contributed by atoms with Crippen LogP contribution in [0.1, 0.15) is 30.8 Å². The lowest BCUT2D eigenvalue weighted by atomic mass is 10.1. The number of carbonyl (C=O) groups excluding carboxylic acids is 1. The minimum absolute atomic E-state index is 0.122. The Morgan fingerprint density at radius 3 is 1.89 bits per heavy atom. The highest BCUT2D eigenvalue weighted by Crippen LogP contribution is 2.38. The number of esters is 1. The zero-order valence-corrected chi connectivity index (χ0v) is 21.7. The standard InChI is InChI=1S/C29H33O5Si/c1-29(2,3)35(22-16-10-6-11-17-22,23-18-12-7-13-19-23)31-20-24-25-26(28(30-4)32-24)34-27(33-25)21-14-8-5-9-15-21/h5-19,24-26,28H,20H2,1-4H3/q+1/t24-,25+,26+,28?/m1/s1. The maximum atomic E-state index is 7.11. The Hall–Kier alpha value is -2.77. The zero-order chi connectivity index (χ0) is 24.5. The summed E-state index contributed by atoms with van der Waals surface area (Å²) in [4.78, 5) is 0. The third-order valence-electron chi connectivity index (χ3n) is 6.88. The van der Waals surface area contributed by atoms with E-state index in [0.717, 1.165) is 5.56 Å². The molecular weight excluding hydrogens is 456 g/mol. The molecular formula is C29H33O5Si+. The molecule has 2 aliphatic heterocycles. The van der Waals surface area contributed by atoms with Crippen LogP contribution in [-0.2, 0) is 18.6 Å². The molecule has 6 heteroatoms. The summed E-state index contributed by atoms with van der Waals surface area (Å²) in [6.45, 7) is 7.18. The maximum Gasteiger partial charge on any atom is 0.521 e. The summed E-state index contributed by atoms with van der Waals surface area (Å²) in [5.74, 6) is 0.515. The molecule has 0 aromatic heterocycles. The van der Waals surface area contributed by atoms with E-state index >= 15 is 0 Å². The fourth-order valence-electron chi connectivity index (χ4n) is 5.24. The van der Waals surface area contributed by atoms with Crippen molar-refractivity contribution in [2.75, 3.05) is 13.7 Å². The van der Waals surface area contributed by atoms with Crippen molar-refractivity contribution in [2.24, 2.45) is 0 Å². The molecule has 1 saturated heterocycles. The van der Waals surface area contributed by atoms with Gasteiger partial charge in [-0.15, -0.1) is 0 Å². The van der Waals surface area contributed by atoms with Gasteiger partial charge in [-0.1, -0.05) is 99.6 Å². The van der Waals surface area contributed by atoms with Gasteiger partial charge in [-0.05, 0) is 27.5 Å². The van der Waals surface area contributed by atoms with E-state index in [1.54, 1.807) is 7.11 Å². The van der Waals surface area contributed by atoms with Gasteiger partial charge >= 0.3 is 12.1 Å². The van der Waals surface area contributed by atoms with Crippen LogP contribution in [0.2, 0.25) is 5.04 Å². The molecule has 35 heavy (non-hydrogen) atoms. The molecule has 4 atom stereocenters. The van der Waals surface area contributed by atoms with Crippen LogP contribution in [0.25, 0.3) is 0 Å². The number of hydrogen-bond donors (Lipinski definition) is 0. The highest BCUT2D eigenvalue weighted by molar-refractivity contribution is 6.99. The summed E-state index contributed by atoms with van der Waals surface area (Å²) in [6.07, 6.45) is -1.50. The number of ether oxygens (including phenoxy) is 3. The van der Waals surface area contributed by atoms with E-state index < -0.39 is 14.6 Å². The van der Waals surface area contributed by atoms with Gasteiger partial charge in [0.05, 0.1) is 6.61 Å². The minimum Gasteiger partial charge on any atom is -0.404 e. The molecule has 0 N–H and O–H groups in total. The first-order chi connectivity index (χ1) is 16.9. The summed E-state index contributed by atoms with van der Waals surface area (Å²) >= 11 is 0. The molecule has 5 nitrogen and oxygen atoms in total. The fraction of sp³-hybridized carbons (Fsp3) is 0.345. The Bertz CT molecular complexity index is 1100. The number of fused-ring (bicyclic) bond motifs is 1. The number of methoxy groups -OCH3 is 1. The van der Waals surface area contributed by atoms with Crippen molar-refractivity contribution in [1.29, 1.82) is 0 Å². The van der Waals surface area contributed by atoms with Gasteiger partial charge in [-0.3, -0.25) is 0 Å². The second kappa shape index (κ2) is 9.70. The van der Waals surface area contributed by atoms with Crippen molar-refractivity contribution in [3.63, 3.8) is 0 Å². The fourth-order valence-corrected chi connectivity index (χ4v) is 9.81. The van der Waals surface area contributed by atoms with Gasteiger partial charge < -0.3 is 23.1 Å². The first-order valence-corrected chi connectivity index (χ1v) is 14.0. The van der Waals surface area contributed by atoms with E-state index in [1.807, 2.05) is 30.3 Å². The van der Waals surface area contributed by atoms with E-state index in [9.17, 15) is 0 Å². The molecule has 0 saturated carbocycles. The highest BCUT2D eigenvalue weighted by Gasteiger charge is 2.61. The molecule has 1 fully saturated rings. The first-order valence-electron chi connectivity index (χ1n) is 12.1. The Labute approximate surface area is 208 Å². The van der Waals surface area contributed by atoms with Crippen LogP contribution in [0.5, 0.6) is 0 Å². The first kappa shape index (κ1) is 23.9. The van der Waals surface area contributed by atoms with Crippen LogP contribution in [0.4, 0.5) is 0 Å². The molecule has 182 valence electrons. The molecule has 0 bridgehead atoms. The van der Waals surface area contributed by atoms with Crippen molar-refractivity contribution in [2.45, 2.75) is 50.4 Å². The van der Waals surface area contributed by atoms with Crippen LogP contribution < -0.4 is 10.4 Å². The van der Waals surface area contributed by atoms with E-state index in [1.165, 1.54) is 10.4 Å². The Kier molecular flexibility index (Phi) is 6.64. The maximum absolute atomic E-state index is 7.11. The van der Waals surface area contributed by atoms with Gasteiger partial charge in [0.2, 0.25) is 6.29 Å². The average molecular weight is 490 g/mol. The van der Waals surface area contributed by atoms with Crippen LogP contribution in [-0.4, -0.2) is 52.6 Å². The summed E-state index contributed by atoms with van der Waals surface area (Å²) in [5.41, 5.74) is 0.906. The molecule has 0 amide bonds. The lowest BCUT2D eigenvalue weighted by molar-refractivity contribution is -0.356. The smallest absolute Gasteiger partial charge is 0.404 e. The highest BCUT2D eigenvalue weighted by atomic mass is 28.4. The minimum atomic E-state index is -2.70.